The lowest BCUT2D eigenvalue weighted by atomic mass is 10.0. The van der Waals surface area contributed by atoms with Crippen LogP contribution in [0, 0.1) is 0 Å². The summed E-state index contributed by atoms with van der Waals surface area (Å²) < 4.78 is 0. The van der Waals surface area contributed by atoms with Crippen LogP contribution in [-0.4, -0.2) is 73.2 Å². The van der Waals surface area contributed by atoms with Crippen molar-refractivity contribution in [2.45, 2.75) is 13.0 Å². The summed E-state index contributed by atoms with van der Waals surface area (Å²) in [7, 11) is 4.24. The van der Waals surface area contributed by atoms with E-state index in [1.807, 2.05) is 18.2 Å². The molecule has 1 aliphatic rings. The van der Waals surface area contributed by atoms with Crippen LogP contribution in [0.4, 0.5) is 0 Å². The molecule has 1 unspecified atom stereocenters. The Hall–Kier alpha value is -1.10. The van der Waals surface area contributed by atoms with Crippen molar-refractivity contribution in [2.75, 3.05) is 53.4 Å². The van der Waals surface area contributed by atoms with Crippen molar-refractivity contribution in [1.82, 2.24) is 14.7 Å². The van der Waals surface area contributed by atoms with Gasteiger partial charge in [-0.15, -0.1) is 0 Å². The fraction of sp³-hybridized carbons (Fsp3) is 0.625. The first-order chi connectivity index (χ1) is 9.58. The Balaban J connectivity index is 1.86. The molecular weight excluding hydrogens is 250 g/mol. The number of para-hydroxylation sites is 1. The van der Waals surface area contributed by atoms with Gasteiger partial charge in [-0.05, 0) is 27.1 Å². The quantitative estimate of drug-likeness (QED) is 0.886. The zero-order chi connectivity index (χ0) is 14.5. The van der Waals surface area contributed by atoms with Crippen LogP contribution in [0.25, 0.3) is 0 Å². The number of rotatable bonds is 5. The fourth-order valence-electron chi connectivity index (χ4n) is 2.75. The van der Waals surface area contributed by atoms with E-state index in [9.17, 15) is 5.11 Å². The average Bonchev–Trinajstić information content (AvgIpc) is 2.45. The zero-order valence-electron chi connectivity index (χ0n) is 12.9. The first-order valence-corrected chi connectivity index (χ1v) is 7.47. The van der Waals surface area contributed by atoms with Crippen molar-refractivity contribution in [2.24, 2.45) is 0 Å². The van der Waals surface area contributed by atoms with Crippen molar-refractivity contribution in [3.8, 4) is 5.75 Å². The summed E-state index contributed by atoms with van der Waals surface area (Å²) in [5, 5.41) is 9.97. The molecule has 0 aromatic heterocycles. The smallest absolute Gasteiger partial charge is 0.120 e. The molecule has 2 rings (SSSR count). The highest BCUT2D eigenvalue weighted by Gasteiger charge is 2.23. The van der Waals surface area contributed by atoms with Gasteiger partial charge in [0.25, 0.3) is 0 Å². The standard InChI is InChI=1S/C16H27N3O/c1-14(15-6-4-5-7-16(15)20)19-12-10-18(11-13-19)9-8-17(2)3/h4-7,14,20H,8-13H2,1-3H3. The third-order valence-electron chi connectivity index (χ3n) is 4.20. The van der Waals surface area contributed by atoms with Gasteiger partial charge in [0.2, 0.25) is 0 Å². The molecule has 0 saturated carbocycles. The lowest BCUT2D eigenvalue weighted by Gasteiger charge is -2.38. The van der Waals surface area contributed by atoms with E-state index < -0.39 is 0 Å². The molecule has 0 spiro atoms. The summed E-state index contributed by atoms with van der Waals surface area (Å²) in [5.74, 6) is 0.412. The van der Waals surface area contributed by atoms with Crippen molar-refractivity contribution in [3.05, 3.63) is 29.8 Å². The van der Waals surface area contributed by atoms with Crippen molar-refractivity contribution < 1.29 is 5.11 Å². The van der Waals surface area contributed by atoms with Gasteiger partial charge >= 0.3 is 0 Å². The molecule has 0 radical (unpaired) electrons. The summed E-state index contributed by atoms with van der Waals surface area (Å²) in [6.45, 7) is 8.83. The third kappa shape index (κ3) is 3.95. The maximum Gasteiger partial charge on any atom is 0.120 e. The molecule has 1 aliphatic heterocycles. The lowest BCUT2D eigenvalue weighted by Crippen LogP contribution is -2.48. The normalized spacial score (nSPS) is 19.4. The van der Waals surface area contributed by atoms with Gasteiger partial charge in [-0.2, -0.15) is 0 Å². The van der Waals surface area contributed by atoms with E-state index in [2.05, 4.69) is 35.7 Å². The Kier molecular flexibility index (Phi) is 5.40. The Morgan fingerprint density at radius 2 is 1.80 bits per heavy atom. The fourth-order valence-corrected chi connectivity index (χ4v) is 2.75. The van der Waals surface area contributed by atoms with Crippen LogP contribution in [0.2, 0.25) is 0 Å². The number of hydrogen-bond acceptors (Lipinski definition) is 4. The molecule has 1 heterocycles. The highest BCUT2D eigenvalue weighted by molar-refractivity contribution is 5.34. The van der Waals surface area contributed by atoms with Gasteiger partial charge in [-0.25, -0.2) is 0 Å². The van der Waals surface area contributed by atoms with E-state index in [0.29, 0.717) is 5.75 Å². The van der Waals surface area contributed by atoms with Crippen LogP contribution < -0.4 is 0 Å². The van der Waals surface area contributed by atoms with Crippen molar-refractivity contribution in [1.29, 1.82) is 0 Å². The molecule has 1 aromatic carbocycles. The van der Waals surface area contributed by atoms with Gasteiger partial charge < -0.3 is 10.0 Å². The highest BCUT2D eigenvalue weighted by Crippen LogP contribution is 2.28. The molecule has 0 aliphatic carbocycles. The summed E-state index contributed by atoms with van der Waals surface area (Å²) >= 11 is 0. The van der Waals surface area contributed by atoms with Gasteiger partial charge in [-0.3, -0.25) is 9.80 Å². The first-order valence-electron chi connectivity index (χ1n) is 7.47. The predicted octanol–water partition coefficient (Wildman–Crippen LogP) is 1.63. The van der Waals surface area contributed by atoms with Crippen LogP contribution >= 0.6 is 0 Å². The maximum absolute atomic E-state index is 9.97. The van der Waals surface area contributed by atoms with Crippen LogP contribution in [0.15, 0.2) is 24.3 Å². The van der Waals surface area contributed by atoms with E-state index >= 15 is 0 Å². The molecule has 1 N–H and O–H groups in total. The molecular formula is C16H27N3O. The molecule has 1 atom stereocenters. The number of likely N-dealkylation sites (N-methyl/N-ethyl adjacent to an activating group) is 1. The molecule has 4 heteroatoms. The predicted molar refractivity (Wildman–Crippen MR) is 83.1 cm³/mol. The molecule has 4 nitrogen and oxygen atoms in total. The molecule has 1 fully saturated rings. The van der Waals surface area contributed by atoms with E-state index in [1.54, 1.807) is 6.07 Å². The van der Waals surface area contributed by atoms with E-state index in [-0.39, 0.29) is 6.04 Å². The van der Waals surface area contributed by atoms with Gasteiger partial charge in [-0.1, -0.05) is 18.2 Å². The Morgan fingerprint density at radius 1 is 1.15 bits per heavy atom. The molecule has 112 valence electrons. The third-order valence-corrected chi connectivity index (χ3v) is 4.20. The zero-order valence-corrected chi connectivity index (χ0v) is 12.9. The van der Waals surface area contributed by atoms with Gasteiger partial charge in [0.15, 0.2) is 0 Å². The number of aromatic hydroxyl groups is 1. The summed E-state index contributed by atoms with van der Waals surface area (Å²) in [6, 6.07) is 7.97. The van der Waals surface area contributed by atoms with E-state index in [4.69, 9.17) is 0 Å². The molecule has 1 saturated heterocycles. The molecule has 0 bridgehead atoms. The number of nitrogens with zero attached hydrogens (tertiary/aromatic N) is 3. The highest BCUT2D eigenvalue weighted by atomic mass is 16.3. The van der Waals surface area contributed by atoms with Crippen LogP contribution in [0.3, 0.4) is 0 Å². The van der Waals surface area contributed by atoms with Crippen LogP contribution in [-0.2, 0) is 0 Å². The van der Waals surface area contributed by atoms with Crippen molar-refractivity contribution >= 4 is 0 Å². The maximum atomic E-state index is 9.97. The summed E-state index contributed by atoms with van der Waals surface area (Å²) in [6.07, 6.45) is 0. The second kappa shape index (κ2) is 7.07. The summed E-state index contributed by atoms with van der Waals surface area (Å²) in [4.78, 5) is 7.21. The largest absolute Gasteiger partial charge is 0.508 e. The Morgan fingerprint density at radius 3 is 2.40 bits per heavy atom. The van der Waals surface area contributed by atoms with E-state index in [1.165, 1.54) is 0 Å². The Labute approximate surface area is 122 Å². The minimum atomic E-state index is 0.284. The SMILES string of the molecule is CC(c1ccccc1O)N1CCN(CCN(C)C)CC1. The number of phenolic OH excluding ortho intramolecular Hbond substituents is 1. The number of benzene rings is 1. The first kappa shape index (κ1) is 15.3. The van der Waals surface area contributed by atoms with Crippen LogP contribution in [0.1, 0.15) is 18.5 Å². The van der Waals surface area contributed by atoms with Gasteiger partial charge in [0.1, 0.15) is 5.75 Å². The topological polar surface area (TPSA) is 30.0 Å². The lowest BCUT2D eigenvalue weighted by molar-refractivity contribution is 0.0967. The number of phenols is 1. The van der Waals surface area contributed by atoms with Crippen LogP contribution in [0.5, 0.6) is 5.75 Å². The van der Waals surface area contributed by atoms with Gasteiger partial charge in [0.05, 0.1) is 0 Å². The second-order valence-corrected chi connectivity index (χ2v) is 5.92. The minimum absolute atomic E-state index is 0.284. The summed E-state index contributed by atoms with van der Waals surface area (Å²) in [5.41, 5.74) is 1.04. The number of hydrogen-bond donors (Lipinski definition) is 1. The molecule has 20 heavy (non-hydrogen) atoms. The molecule has 1 aromatic rings. The van der Waals surface area contributed by atoms with E-state index in [0.717, 1.165) is 44.8 Å². The van der Waals surface area contributed by atoms with Crippen molar-refractivity contribution in [3.63, 3.8) is 0 Å². The molecule has 0 amide bonds. The minimum Gasteiger partial charge on any atom is -0.508 e. The average molecular weight is 277 g/mol. The number of piperazine rings is 1. The monoisotopic (exact) mass is 277 g/mol. The van der Waals surface area contributed by atoms with Gasteiger partial charge in [0, 0.05) is 50.9 Å². The Bertz CT molecular complexity index is 414. The second-order valence-electron chi connectivity index (χ2n) is 5.92.